The average Bonchev–Trinajstić information content (AvgIpc) is 2.19. The van der Waals surface area contributed by atoms with Crippen LogP contribution in [-0.2, 0) is 16.1 Å². The summed E-state index contributed by atoms with van der Waals surface area (Å²) in [6.45, 7) is 1.59. The van der Waals surface area contributed by atoms with Gasteiger partial charge in [-0.05, 0) is 40.5 Å². The molecule has 0 radical (unpaired) electrons. The molecule has 0 aliphatic rings. The summed E-state index contributed by atoms with van der Waals surface area (Å²) in [6.07, 6.45) is -0.867. The van der Waals surface area contributed by atoms with Crippen LogP contribution in [0.15, 0.2) is 22.7 Å². The van der Waals surface area contributed by atoms with Gasteiger partial charge in [0.1, 0.15) is 5.82 Å². The van der Waals surface area contributed by atoms with Crippen LogP contribution >= 0.6 is 15.9 Å². The van der Waals surface area contributed by atoms with E-state index in [0.29, 0.717) is 4.47 Å². The Morgan fingerprint density at radius 1 is 1.67 bits per heavy atom. The van der Waals surface area contributed by atoms with E-state index in [1.54, 1.807) is 12.1 Å². The second-order valence-corrected chi connectivity index (χ2v) is 3.89. The zero-order valence-corrected chi connectivity index (χ0v) is 9.62. The first-order valence-corrected chi connectivity index (χ1v) is 5.08. The fraction of sp³-hybridized carbons (Fsp3) is 0.300. The lowest BCUT2D eigenvalue weighted by atomic mass is 10.2. The number of rotatable bonds is 4. The molecule has 0 aliphatic heterocycles. The maximum Gasteiger partial charge on any atom is 0.332 e. The number of ether oxygens (including phenoxy) is 1. The predicted molar refractivity (Wildman–Crippen MR) is 56.0 cm³/mol. The molecular weight excluding hydrogens is 267 g/mol. The lowest BCUT2D eigenvalue weighted by molar-refractivity contribution is -0.149. The number of carboxylic acid groups (broad SMARTS) is 1. The summed E-state index contributed by atoms with van der Waals surface area (Å²) in [6, 6.07) is 4.41. The minimum atomic E-state index is -1.02. The second-order valence-electron chi connectivity index (χ2n) is 3.04. The lowest BCUT2D eigenvalue weighted by Crippen LogP contribution is -2.19. The number of carbonyl (C=O) groups is 1. The van der Waals surface area contributed by atoms with Gasteiger partial charge >= 0.3 is 5.97 Å². The summed E-state index contributed by atoms with van der Waals surface area (Å²) in [5.41, 5.74) is 0.719. The van der Waals surface area contributed by atoms with E-state index in [1.807, 2.05) is 0 Å². The number of aliphatic carboxylic acids is 1. The number of hydrogen-bond acceptors (Lipinski definition) is 2. The van der Waals surface area contributed by atoms with Crippen molar-refractivity contribution in [3.63, 3.8) is 0 Å². The predicted octanol–water partition coefficient (Wildman–Crippen LogP) is 2.58. The van der Waals surface area contributed by atoms with Gasteiger partial charge in [0, 0.05) is 0 Å². The molecule has 0 spiro atoms. The number of benzene rings is 1. The maximum atomic E-state index is 12.8. The molecule has 0 aliphatic carbocycles. The fourth-order valence-electron chi connectivity index (χ4n) is 0.922. The van der Waals surface area contributed by atoms with Crippen LogP contribution in [0.5, 0.6) is 0 Å². The summed E-state index contributed by atoms with van der Waals surface area (Å²) < 4.78 is 18.2. The lowest BCUT2D eigenvalue weighted by Gasteiger charge is -2.08. The van der Waals surface area contributed by atoms with E-state index in [1.165, 1.54) is 13.0 Å². The summed E-state index contributed by atoms with van der Waals surface area (Å²) in [5, 5.41) is 8.56. The minimum Gasteiger partial charge on any atom is -0.479 e. The van der Waals surface area contributed by atoms with Gasteiger partial charge in [0.25, 0.3) is 0 Å². The van der Waals surface area contributed by atoms with E-state index < -0.39 is 12.1 Å². The van der Waals surface area contributed by atoms with Crippen LogP contribution in [-0.4, -0.2) is 17.2 Å². The van der Waals surface area contributed by atoms with Crippen molar-refractivity contribution in [2.75, 3.05) is 0 Å². The normalized spacial score (nSPS) is 12.5. The molecule has 0 fully saturated rings. The van der Waals surface area contributed by atoms with Gasteiger partial charge in [-0.25, -0.2) is 9.18 Å². The third kappa shape index (κ3) is 3.60. The maximum absolute atomic E-state index is 12.8. The van der Waals surface area contributed by atoms with E-state index in [9.17, 15) is 9.18 Å². The molecule has 5 heteroatoms. The molecule has 0 aromatic heterocycles. The minimum absolute atomic E-state index is 0.145. The Labute approximate surface area is 95.0 Å². The fourth-order valence-corrected chi connectivity index (χ4v) is 1.35. The third-order valence-corrected chi connectivity index (χ3v) is 2.44. The third-order valence-electron chi connectivity index (χ3n) is 1.83. The first-order valence-electron chi connectivity index (χ1n) is 4.29. The molecular formula is C10H10BrFO3. The van der Waals surface area contributed by atoms with Gasteiger partial charge in [-0.15, -0.1) is 0 Å². The molecule has 1 atom stereocenters. The van der Waals surface area contributed by atoms with Crippen LogP contribution < -0.4 is 0 Å². The first-order chi connectivity index (χ1) is 7.00. The van der Waals surface area contributed by atoms with Crippen LogP contribution in [0.4, 0.5) is 4.39 Å². The average molecular weight is 277 g/mol. The monoisotopic (exact) mass is 276 g/mol. The zero-order chi connectivity index (χ0) is 11.4. The van der Waals surface area contributed by atoms with Gasteiger partial charge in [0.2, 0.25) is 0 Å². The molecule has 0 bridgehead atoms. The summed E-state index contributed by atoms with van der Waals surface area (Å²) in [4.78, 5) is 10.4. The first kappa shape index (κ1) is 12.1. The highest BCUT2D eigenvalue weighted by Crippen LogP contribution is 2.17. The number of carboxylic acids is 1. The van der Waals surface area contributed by atoms with Gasteiger partial charge in [-0.3, -0.25) is 0 Å². The van der Waals surface area contributed by atoms with Crippen LogP contribution in [0.25, 0.3) is 0 Å². The molecule has 15 heavy (non-hydrogen) atoms. The van der Waals surface area contributed by atoms with Crippen LogP contribution in [0.3, 0.4) is 0 Å². The van der Waals surface area contributed by atoms with Crippen molar-refractivity contribution in [1.29, 1.82) is 0 Å². The van der Waals surface area contributed by atoms with Crippen molar-refractivity contribution < 1.29 is 19.0 Å². The highest BCUT2D eigenvalue weighted by Gasteiger charge is 2.11. The molecule has 1 N–H and O–H groups in total. The molecule has 0 heterocycles. The Morgan fingerprint density at radius 3 is 2.87 bits per heavy atom. The van der Waals surface area contributed by atoms with E-state index in [4.69, 9.17) is 9.84 Å². The van der Waals surface area contributed by atoms with Crippen molar-refractivity contribution in [1.82, 2.24) is 0 Å². The topological polar surface area (TPSA) is 46.5 Å². The van der Waals surface area contributed by atoms with Gasteiger partial charge < -0.3 is 9.84 Å². The van der Waals surface area contributed by atoms with Crippen molar-refractivity contribution in [3.8, 4) is 0 Å². The number of hydrogen-bond donors (Lipinski definition) is 1. The van der Waals surface area contributed by atoms with Crippen molar-refractivity contribution in [2.24, 2.45) is 0 Å². The Bertz CT molecular complexity index is 368. The highest BCUT2D eigenvalue weighted by atomic mass is 79.9. The molecule has 0 unspecified atom stereocenters. The van der Waals surface area contributed by atoms with Crippen molar-refractivity contribution in [2.45, 2.75) is 19.6 Å². The largest absolute Gasteiger partial charge is 0.479 e. The zero-order valence-electron chi connectivity index (χ0n) is 8.04. The van der Waals surface area contributed by atoms with Gasteiger partial charge in [-0.1, -0.05) is 6.07 Å². The van der Waals surface area contributed by atoms with Gasteiger partial charge in [0.05, 0.1) is 11.1 Å². The van der Waals surface area contributed by atoms with Crippen LogP contribution in [0, 0.1) is 5.82 Å². The SMILES string of the molecule is C[C@H](OCc1ccc(F)c(Br)c1)C(=O)O. The summed E-state index contributed by atoms with van der Waals surface area (Å²) >= 11 is 3.04. The van der Waals surface area contributed by atoms with Crippen molar-refractivity contribution in [3.05, 3.63) is 34.1 Å². The smallest absolute Gasteiger partial charge is 0.332 e. The van der Waals surface area contributed by atoms with Gasteiger partial charge in [0.15, 0.2) is 6.10 Å². The van der Waals surface area contributed by atoms with E-state index in [-0.39, 0.29) is 12.4 Å². The number of halogens is 2. The molecule has 0 saturated heterocycles. The Morgan fingerprint density at radius 2 is 2.33 bits per heavy atom. The molecule has 0 amide bonds. The Hall–Kier alpha value is -0.940. The molecule has 0 saturated carbocycles. The Balaban J connectivity index is 2.58. The highest BCUT2D eigenvalue weighted by molar-refractivity contribution is 9.10. The molecule has 3 nitrogen and oxygen atoms in total. The quantitative estimate of drug-likeness (QED) is 0.920. The molecule has 1 aromatic rings. The second kappa shape index (κ2) is 5.23. The standard InChI is InChI=1S/C10H10BrFO3/c1-6(10(13)14)15-5-7-2-3-9(12)8(11)4-7/h2-4,6H,5H2,1H3,(H,13,14)/t6-/m0/s1. The van der Waals surface area contributed by atoms with E-state index >= 15 is 0 Å². The molecule has 1 aromatic carbocycles. The molecule has 82 valence electrons. The van der Waals surface area contributed by atoms with Crippen molar-refractivity contribution >= 4 is 21.9 Å². The summed E-state index contributed by atoms with van der Waals surface area (Å²) in [5.74, 6) is -1.37. The van der Waals surface area contributed by atoms with E-state index in [2.05, 4.69) is 15.9 Å². The van der Waals surface area contributed by atoms with Gasteiger partial charge in [-0.2, -0.15) is 0 Å². The molecule has 1 rings (SSSR count). The summed E-state index contributed by atoms with van der Waals surface area (Å²) in [7, 11) is 0. The van der Waals surface area contributed by atoms with E-state index in [0.717, 1.165) is 5.56 Å². The van der Waals surface area contributed by atoms with Crippen LogP contribution in [0.1, 0.15) is 12.5 Å². The Kier molecular flexibility index (Phi) is 4.23. The van der Waals surface area contributed by atoms with Crippen LogP contribution in [0.2, 0.25) is 0 Å².